The number of ether oxygens (including phenoxy) is 2. The average molecular weight is 406 g/mol. The van der Waals surface area contributed by atoms with E-state index in [0.29, 0.717) is 6.42 Å². The summed E-state index contributed by atoms with van der Waals surface area (Å²) in [6, 6.07) is 0. The first-order valence-electron chi connectivity index (χ1n) is 8.96. The predicted octanol–water partition coefficient (Wildman–Crippen LogP) is 3.96. The molecule has 9 heteroatoms. The third-order valence-corrected chi connectivity index (χ3v) is 4.58. The van der Waals surface area contributed by atoms with Gasteiger partial charge in [0, 0.05) is 12.2 Å². The Kier molecular flexibility index (Phi) is 13.8. The molecule has 0 rings (SSSR count). The summed E-state index contributed by atoms with van der Waals surface area (Å²) in [6.45, 7) is 11.6. The highest BCUT2D eigenvalue weighted by Crippen LogP contribution is 2.50. The summed E-state index contributed by atoms with van der Waals surface area (Å²) in [5.41, 5.74) is 0. The van der Waals surface area contributed by atoms with Crippen LogP contribution in [0.5, 0.6) is 0 Å². The van der Waals surface area contributed by atoms with E-state index < -0.39 is 32.0 Å². The van der Waals surface area contributed by atoms with E-state index in [1.165, 1.54) is 0 Å². The van der Waals surface area contributed by atoms with E-state index in [0.717, 1.165) is 31.4 Å². The molecule has 8 nitrogen and oxygen atoms in total. The molecule has 0 amide bonds. The number of carbonyl (C=O) groups excluding carboxylic acids is 2. The molecule has 0 radical (unpaired) electrons. The van der Waals surface area contributed by atoms with Crippen molar-refractivity contribution in [2.24, 2.45) is 0 Å². The highest BCUT2D eigenvalue weighted by atomic mass is 31.2. The second kappa shape index (κ2) is 14.6. The largest absolute Gasteiger partial charge is 0.475 e. The molecule has 0 saturated heterocycles. The van der Waals surface area contributed by atoms with Crippen molar-refractivity contribution >= 4 is 19.8 Å². The first-order valence-corrected chi connectivity index (χ1v) is 10.4. The van der Waals surface area contributed by atoms with E-state index in [2.05, 4.69) is 20.1 Å². The molecule has 2 atom stereocenters. The van der Waals surface area contributed by atoms with Gasteiger partial charge in [-0.05, 0) is 20.3 Å². The SMILES string of the molecule is C=CC(=O)OC(C)COP(=O)(OCCCCCC)OCC(C)OC(=O)C=C. The van der Waals surface area contributed by atoms with E-state index >= 15 is 0 Å². The number of phosphoric ester groups is 1. The quantitative estimate of drug-likeness (QED) is 0.164. The molecule has 0 aliphatic carbocycles. The molecule has 27 heavy (non-hydrogen) atoms. The smallest absolute Gasteiger partial charge is 0.457 e. The van der Waals surface area contributed by atoms with Crippen molar-refractivity contribution < 1.29 is 37.2 Å². The summed E-state index contributed by atoms with van der Waals surface area (Å²) in [6.07, 6.45) is 4.42. The zero-order chi connectivity index (χ0) is 20.7. The summed E-state index contributed by atoms with van der Waals surface area (Å²) in [7, 11) is -3.91. The Bertz CT molecular complexity index is 483. The van der Waals surface area contributed by atoms with Crippen LogP contribution in [0.4, 0.5) is 0 Å². The number of esters is 2. The Hall–Kier alpha value is -1.47. The zero-order valence-corrected chi connectivity index (χ0v) is 17.3. The van der Waals surface area contributed by atoms with Gasteiger partial charge < -0.3 is 9.47 Å². The Morgan fingerprint density at radius 1 is 0.889 bits per heavy atom. The van der Waals surface area contributed by atoms with Crippen molar-refractivity contribution in [3.05, 3.63) is 25.3 Å². The molecular formula is C18H31O8P. The molecule has 0 bridgehead atoms. The van der Waals surface area contributed by atoms with Gasteiger partial charge in [-0.3, -0.25) is 13.6 Å². The van der Waals surface area contributed by atoms with Crippen LogP contribution in [0.3, 0.4) is 0 Å². The first-order chi connectivity index (χ1) is 12.8. The maximum Gasteiger partial charge on any atom is 0.475 e. The summed E-state index contributed by atoms with van der Waals surface area (Å²) < 4.78 is 38.5. The van der Waals surface area contributed by atoms with Gasteiger partial charge in [0.2, 0.25) is 0 Å². The van der Waals surface area contributed by atoms with Crippen molar-refractivity contribution in [1.29, 1.82) is 0 Å². The number of unbranched alkanes of at least 4 members (excludes halogenated alkanes) is 3. The molecule has 0 aromatic carbocycles. The highest BCUT2D eigenvalue weighted by molar-refractivity contribution is 7.48. The highest BCUT2D eigenvalue weighted by Gasteiger charge is 2.29. The van der Waals surface area contributed by atoms with E-state index in [1.807, 2.05) is 0 Å². The van der Waals surface area contributed by atoms with Crippen LogP contribution in [-0.4, -0.2) is 44.0 Å². The number of rotatable bonds is 16. The normalized spacial score (nSPS) is 15.2. The fourth-order valence-corrected chi connectivity index (χ4v) is 3.13. The van der Waals surface area contributed by atoms with E-state index in [-0.39, 0.29) is 19.8 Å². The van der Waals surface area contributed by atoms with Crippen molar-refractivity contribution in [2.45, 2.75) is 58.7 Å². The van der Waals surface area contributed by atoms with Gasteiger partial charge in [-0.25, -0.2) is 14.2 Å². The zero-order valence-electron chi connectivity index (χ0n) is 16.4. The van der Waals surface area contributed by atoms with Crippen LogP contribution in [0, 0.1) is 0 Å². The minimum absolute atomic E-state index is 0.188. The van der Waals surface area contributed by atoms with Crippen LogP contribution in [-0.2, 0) is 37.2 Å². The van der Waals surface area contributed by atoms with Gasteiger partial charge in [-0.1, -0.05) is 39.3 Å². The van der Waals surface area contributed by atoms with Crippen LogP contribution in [0.2, 0.25) is 0 Å². The van der Waals surface area contributed by atoms with Crippen molar-refractivity contribution in [2.75, 3.05) is 19.8 Å². The fraction of sp³-hybridized carbons (Fsp3) is 0.667. The number of carbonyl (C=O) groups is 2. The van der Waals surface area contributed by atoms with Crippen molar-refractivity contribution in [3.63, 3.8) is 0 Å². The number of hydrogen-bond donors (Lipinski definition) is 0. The lowest BCUT2D eigenvalue weighted by Crippen LogP contribution is -2.21. The van der Waals surface area contributed by atoms with Gasteiger partial charge in [0.05, 0.1) is 19.8 Å². The standard InChI is InChI=1S/C18H31O8P/c1-6-9-10-11-12-22-27(21,23-13-15(4)25-17(19)7-2)24-14-16(5)26-18(20)8-3/h7-8,15-16H,2-3,6,9-14H2,1,4-5H3. The predicted molar refractivity (Wildman–Crippen MR) is 101 cm³/mol. The molecule has 0 heterocycles. The fourth-order valence-electron chi connectivity index (χ4n) is 1.77. The third-order valence-electron chi connectivity index (χ3n) is 3.15. The molecule has 0 aromatic heterocycles. The van der Waals surface area contributed by atoms with Crippen LogP contribution >= 0.6 is 7.82 Å². The second-order valence-corrected chi connectivity index (χ2v) is 7.50. The van der Waals surface area contributed by atoms with Gasteiger partial charge in [-0.15, -0.1) is 0 Å². The summed E-state index contributed by atoms with van der Waals surface area (Å²) in [4.78, 5) is 22.4. The van der Waals surface area contributed by atoms with Gasteiger partial charge in [0.25, 0.3) is 0 Å². The number of hydrogen-bond acceptors (Lipinski definition) is 8. The monoisotopic (exact) mass is 406 g/mol. The Labute approximate surface area is 161 Å². The molecule has 0 fully saturated rings. The van der Waals surface area contributed by atoms with Gasteiger partial charge >= 0.3 is 19.8 Å². The van der Waals surface area contributed by atoms with Crippen LogP contribution < -0.4 is 0 Å². The van der Waals surface area contributed by atoms with E-state index in [4.69, 9.17) is 23.0 Å². The van der Waals surface area contributed by atoms with Gasteiger partial charge in [0.15, 0.2) is 0 Å². The topological polar surface area (TPSA) is 97.4 Å². The summed E-state index contributed by atoms with van der Waals surface area (Å²) >= 11 is 0. The van der Waals surface area contributed by atoms with Crippen LogP contribution in [0.1, 0.15) is 46.5 Å². The Morgan fingerprint density at radius 2 is 1.37 bits per heavy atom. The van der Waals surface area contributed by atoms with Crippen LogP contribution in [0.25, 0.3) is 0 Å². The van der Waals surface area contributed by atoms with Crippen molar-refractivity contribution in [3.8, 4) is 0 Å². The molecule has 0 aliphatic heterocycles. The second-order valence-electron chi connectivity index (χ2n) is 5.84. The Morgan fingerprint density at radius 3 is 1.78 bits per heavy atom. The third kappa shape index (κ3) is 13.4. The minimum atomic E-state index is -3.91. The lowest BCUT2D eigenvalue weighted by Gasteiger charge is -2.21. The molecule has 0 aliphatic rings. The Balaban J connectivity index is 4.65. The number of phosphoric acid groups is 1. The lowest BCUT2D eigenvalue weighted by atomic mass is 10.2. The van der Waals surface area contributed by atoms with Crippen molar-refractivity contribution in [1.82, 2.24) is 0 Å². The van der Waals surface area contributed by atoms with Gasteiger partial charge in [0.1, 0.15) is 12.2 Å². The molecular weight excluding hydrogens is 375 g/mol. The molecule has 0 spiro atoms. The lowest BCUT2D eigenvalue weighted by molar-refractivity contribution is -0.143. The van der Waals surface area contributed by atoms with E-state index in [9.17, 15) is 14.2 Å². The maximum absolute atomic E-state index is 12.8. The maximum atomic E-state index is 12.8. The summed E-state index contributed by atoms with van der Waals surface area (Å²) in [5.74, 6) is -1.24. The molecule has 156 valence electrons. The average Bonchev–Trinajstić information content (AvgIpc) is 2.64. The van der Waals surface area contributed by atoms with Crippen LogP contribution in [0.15, 0.2) is 25.3 Å². The van der Waals surface area contributed by atoms with Gasteiger partial charge in [-0.2, -0.15) is 0 Å². The molecule has 2 unspecified atom stereocenters. The van der Waals surface area contributed by atoms with E-state index in [1.54, 1.807) is 13.8 Å². The molecule has 0 N–H and O–H groups in total. The minimum Gasteiger partial charge on any atom is -0.457 e. The molecule has 0 saturated carbocycles. The summed E-state index contributed by atoms with van der Waals surface area (Å²) in [5, 5.41) is 0. The molecule has 0 aromatic rings. The first kappa shape index (κ1) is 25.5.